The third-order valence-corrected chi connectivity index (χ3v) is 3.98. The highest BCUT2D eigenvalue weighted by Crippen LogP contribution is 2.40. The smallest absolute Gasteiger partial charge is 0.00261 e. The summed E-state index contributed by atoms with van der Waals surface area (Å²) >= 11 is 0. The maximum atomic E-state index is 3.28. The van der Waals surface area contributed by atoms with E-state index in [4.69, 9.17) is 0 Å². The lowest BCUT2D eigenvalue weighted by molar-refractivity contribution is 0.324. The summed E-state index contributed by atoms with van der Waals surface area (Å²) in [7, 11) is 2.06. The van der Waals surface area contributed by atoms with Crippen LogP contribution in [0.5, 0.6) is 0 Å². The summed E-state index contributed by atoms with van der Waals surface area (Å²) in [5.74, 6) is 3.85. The zero-order valence-corrected chi connectivity index (χ0v) is 10.3. The van der Waals surface area contributed by atoms with Gasteiger partial charge in [-0.2, -0.15) is 0 Å². The molecule has 0 aliphatic heterocycles. The summed E-state index contributed by atoms with van der Waals surface area (Å²) in [4.78, 5) is 0. The van der Waals surface area contributed by atoms with Crippen LogP contribution in [0.3, 0.4) is 0 Å². The van der Waals surface area contributed by atoms with Crippen LogP contribution in [0.1, 0.15) is 46.5 Å². The van der Waals surface area contributed by atoms with Gasteiger partial charge in [0.1, 0.15) is 0 Å². The van der Waals surface area contributed by atoms with Gasteiger partial charge in [0.15, 0.2) is 0 Å². The van der Waals surface area contributed by atoms with E-state index < -0.39 is 0 Å². The van der Waals surface area contributed by atoms with E-state index in [1.807, 2.05) is 0 Å². The molecule has 0 saturated heterocycles. The molecule has 0 heterocycles. The van der Waals surface area contributed by atoms with Crippen LogP contribution in [0.25, 0.3) is 0 Å². The van der Waals surface area contributed by atoms with E-state index in [9.17, 15) is 0 Å². The van der Waals surface area contributed by atoms with Gasteiger partial charge in [0, 0.05) is 0 Å². The van der Waals surface area contributed by atoms with Gasteiger partial charge in [0.25, 0.3) is 0 Å². The van der Waals surface area contributed by atoms with E-state index >= 15 is 0 Å². The minimum Gasteiger partial charge on any atom is -0.319 e. The Bertz CT molecular complexity index is 155. The summed E-state index contributed by atoms with van der Waals surface area (Å²) in [5, 5.41) is 3.28. The van der Waals surface area contributed by atoms with E-state index in [-0.39, 0.29) is 0 Å². The van der Waals surface area contributed by atoms with Crippen LogP contribution in [-0.4, -0.2) is 13.6 Å². The Morgan fingerprint density at radius 1 is 1.36 bits per heavy atom. The van der Waals surface area contributed by atoms with Crippen molar-refractivity contribution in [2.75, 3.05) is 13.6 Å². The summed E-state index contributed by atoms with van der Waals surface area (Å²) in [6.45, 7) is 8.35. The molecule has 84 valence electrons. The highest BCUT2D eigenvalue weighted by Gasteiger charge is 2.30. The molecular weight excluding hydrogens is 170 g/mol. The summed E-state index contributed by atoms with van der Waals surface area (Å²) in [6, 6.07) is 0. The molecule has 0 aromatic carbocycles. The molecule has 1 aliphatic rings. The largest absolute Gasteiger partial charge is 0.319 e. The number of hydrogen-bond donors (Lipinski definition) is 1. The van der Waals surface area contributed by atoms with Crippen LogP contribution < -0.4 is 5.32 Å². The lowest BCUT2D eigenvalue weighted by Gasteiger charge is -2.19. The van der Waals surface area contributed by atoms with Crippen molar-refractivity contribution in [1.82, 2.24) is 5.32 Å². The second kappa shape index (κ2) is 5.75. The number of hydrogen-bond acceptors (Lipinski definition) is 1. The monoisotopic (exact) mass is 197 g/mol. The van der Waals surface area contributed by atoms with E-state index in [1.165, 1.54) is 32.2 Å². The van der Waals surface area contributed by atoms with Gasteiger partial charge in [-0.1, -0.05) is 27.2 Å². The average Bonchev–Trinajstić information content (AvgIpc) is 2.48. The fourth-order valence-electron chi connectivity index (χ4n) is 3.09. The Labute approximate surface area is 89.7 Å². The summed E-state index contributed by atoms with van der Waals surface area (Å²) < 4.78 is 0. The van der Waals surface area contributed by atoms with Crippen LogP contribution in [0.4, 0.5) is 0 Å². The van der Waals surface area contributed by atoms with E-state index in [0.29, 0.717) is 0 Å². The van der Waals surface area contributed by atoms with Crippen molar-refractivity contribution in [2.24, 2.45) is 23.7 Å². The first kappa shape index (κ1) is 12.0. The highest BCUT2D eigenvalue weighted by molar-refractivity contribution is 4.81. The lowest BCUT2D eigenvalue weighted by Crippen LogP contribution is -2.19. The first-order valence-electron chi connectivity index (χ1n) is 6.31. The molecule has 1 saturated carbocycles. The second-order valence-corrected chi connectivity index (χ2v) is 5.38. The van der Waals surface area contributed by atoms with Crippen molar-refractivity contribution in [2.45, 2.75) is 46.5 Å². The molecule has 1 fully saturated rings. The van der Waals surface area contributed by atoms with Gasteiger partial charge in [-0.3, -0.25) is 0 Å². The molecule has 4 atom stereocenters. The van der Waals surface area contributed by atoms with Crippen molar-refractivity contribution < 1.29 is 0 Å². The molecule has 1 heteroatoms. The molecule has 0 bridgehead atoms. The Hall–Kier alpha value is -0.0400. The highest BCUT2D eigenvalue weighted by atomic mass is 14.8. The van der Waals surface area contributed by atoms with Crippen LogP contribution in [-0.2, 0) is 0 Å². The summed E-state index contributed by atoms with van der Waals surface area (Å²) in [6.07, 6.45) is 5.79. The molecule has 1 rings (SSSR count). The molecule has 1 N–H and O–H groups in total. The summed E-state index contributed by atoms with van der Waals surface area (Å²) in [5.41, 5.74) is 0. The minimum atomic E-state index is 0.850. The first-order chi connectivity index (χ1) is 6.67. The lowest BCUT2D eigenvalue weighted by atomic mass is 9.88. The third-order valence-electron chi connectivity index (χ3n) is 3.98. The van der Waals surface area contributed by atoms with E-state index in [0.717, 1.165) is 23.7 Å². The van der Waals surface area contributed by atoms with Crippen molar-refractivity contribution in [3.8, 4) is 0 Å². The van der Waals surface area contributed by atoms with Crippen LogP contribution in [0, 0.1) is 23.7 Å². The second-order valence-electron chi connectivity index (χ2n) is 5.38. The molecule has 0 aromatic rings. The van der Waals surface area contributed by atoms with Gasteiger partial charge in [0.05, 0.1) is 0 Å². The molecule has 0 radical (unpaired) electrons. The predicted octanol–water partition coefficient (Wildman–Crippen LogP) is 3.30. The van der Waals surface area contributed by atoms with Crippen LogP contribution >= 0.6 is 0 Å². The molecular formula is C13H27N. The predicted molar refractivity (Wildman–Crippen MR) is 63.4 cm³/mol. The van der Waals surface area contributed by atoms with Gasteiger partial charge >= 0.3 is 0 Å². The zero-order chi connectivity index (χ0) is 10.6. The minimum absolute atomic E-state index is 0.850. The fourth-order valence-corrected chi connectivity index (χ4v) is 3.09. The topological polar surface area (TPSA) is 12.0 Å². The van der Waals surface area contributed by atoms with Gasteiger partial charge < -0.3 is 5.32 Å². The molecule has 0 amide bonds. The van der Waals surface area contributed by atoms with Gasteiger partial charge in [-0.05, 0) is 56.5 Å². The molecule has 1 nitrogen and oxygen atoms in total. The van der Waals surface area contributed by atoms with Crippen molar-refractivity contribution in [3.63, 3.8) is 0 Å². The van der Waals surface area contributed by atoms with Gasteiger partial charge in [-0.15, -0.1) is 0 Å². The quantitative estimate of drug-likeness (QED) is 0.713. The van der Waals surface area contributed by atoms with E-state index in [1.54, 1.807) is 0 Å². The first-order valence-corrected chi connectivity index (χ1v) is 6.31. The Kier molecular flexibility index (Phi) is 4.94. The number of rotatable bonds is 5. The maximum absolute atomic E-state index is 3.28. The van der Waals surface area contributed by atoms with Crippen LogP contribution in [0.15, 0.2) is 0 Å². The van der Waals surface area contributed by atoms with Gasteiger partial charge in [0.2, 0.25) is 0 Å². The fraction of sp³-hybridized carbons (Fsp3) is 1.00. The molecule has 0 spiro atoms. The van der Waals surface area contributed by atoms with Crippen molar-refractivity contribution in [3.05, 3.63) is 0 Å². The van der Waals surface area contributed by atoms with Crippen LogP contribution in [0.2, 0.25) is 0 Å². The Morgan fingerprint density at radius 3 is 2.57 bits per heavy atom. The molecule has 4 unspecified atom stereocenters. The molecule has 14 heavy (non-hydrogen) atoms. The normalized spacial score (nSPS) is 34.7. The van der Waals surface area contributed by atoms with Gasteiger partial charge in [-0.25, -0.2) is 0 Å². The molecule has 1 aliphatic carbocycles. The van der Waals surface area contributed by atoms with Crippen molar-refractivity contribution >= 4 is 0 Å². The van der Waals surface area contributed by atoms with Crippen molar-refractivity contribution in [1.29, 1.82) is 0 Å². The Balaban J connectivity index is 2.30. The van der Waals surface area contributed by atoms with E-state index in [2.05, 4.69) is 33.1 Å². The average molecular weight is 197 g/mol. The zero-order valence-electron chi connectivity index (χ0n) is 10.3. The molecule has 0 aromatic heterocycles. The Morgan fingerprint density at radius 2 is 2.07 bits per heavy atom. The standard InChI is InChI=1S/C13H27N/c1-5-12-7-11(3)13(8-12)6-10(2)9-14-4/h10-14H,5-9H2,1-4H3. The maximum Gasteiger partial charge on any atom is -0.00261 e. The SMILES string of the molecule is CCC1CC(C)C(CC(C)CNC)C1. The third kappa shape index (κ3) is 3.27. The number of nitrogens with one attached hydrogen (secondary N) is 1.